The largest absolute Gasteiger partial charge is 0.508 e. The first-order valence-electron chi connectivity index (χ1n) is 8.27. The number of phenolic OH excluding ortho intramolecular Hbond substituents is 1. The Kier molecular flexibility index (Phi) is 4.07. The molecule has 1 N–H and O–H groups in total. The number of hydrogen-bond acceptors (Lipinski definition) is 3. The number of carbonyl (C=O) groups is 1. The van der Waals surface area contributed by atoms with E-state index in [4.69, 9.17) is 0 Å². The van der Waals surface area contributed by atoms with Crippen LogP contribution in [-0.2, 0) is 4.79 Å². The van der Waals surface area contributed by atoms with E-state index in [0.29, 0.717) is 17.2 Å². The summed E-state index contributed by atoms with van der Waals surface area (Å²) in [6.45, 7) is 0. The van der Waals surface area contributed by atoms with Crippen LogP contribution >= 0.6 is 0 Å². The number of aromatic hydroxyl groups is 1. The third-order valence-electron chi connectivity index (χ3n) is 4.10. The molecule has 0 aromatic heterocycles. The number of rotatable bonds is 3. The van der Waals surface area contributed by atoms with Crippen molar-refractivity contribution in [3.63, 3.8) is 0 Å². The smallest absolute Gasteiger partial charge is 0.282 e. The second kappa shape index (κ2) is 6.69. The molecule has 0 aliphatic carbocycles. The van der Waals surface area contributed by atoms with E-state index in [2.05, 4.69) is 4.99 Å². The average Bonchev–Trinajstić information content (AvgIpc) is 3.00. The van der Waals surface area contributed by atoms with Crippen LogP contribution in [-0.4, -0.2) is 16.8 Å². The Morgan fingerprint density at radius 2 is 1.42 bits per heavy atom. The fourth-order valence-corrected chi connectivity index (χ4v) is 2.85. The van der Waals surface area contributed by atoms with Crippen LogP contribution in [0.5, 0.6) is 5.75 Å². The molecule has 0 spiro atoms. The lowest BCUT2D eigenvalue weighted by atomic mass is 10.1. The predicted octanol–water partition coefficient (Wildman–Crippen LogP) is 4.23. The highest BCUT2D eigenvalue weighted by atomic mass is 16.3. The maximum atomic E-state index is 13.1. The van der Waals surface area contributed by atoms with Gasteiger partial charge in [-0.1, -0.05) is 60.7 Å². The van der Waals surface area contributed by atoms with Crippen molar-refractivity contribution in [3.05, 3.63) is 102 Å². The molecular formula is C22H16N2O2. The van der Waals surface area contributed by atoms with Gasteiger partial charge in [-0.05, 0) is 35.9 Å². The van der Waals surface area contributed by atoms with Gasteiger partial charge in [0.15, 0.2) is 0 Å². The van der Waals surface area contributed by atoms with E-state index < -0.39 is 0 Å². The minimum atomic E-state index is -0.196. The normalized spacial score (nSPS) is 15.4. The topological polar surface area (TPSA) is 52.9 Å². The summed E-state index contributed by atoms with van der Waals surface area (Å²) in [6, 6.07) is 25.8. The van der Waals surface area contributed by atoms with E-state index in [9.17, 15) is 9.90 Å². The Bertz CT molecular complexity index is 991. The SMILES string of the molecule is O=C1/C(=C\c2ccccc2)N=C(c2ccccc2)N1c1ccc(O)cc1. The fraction of sp³-hybridized carbons (Fsp3) is 0. The van der Waals surface area contributed by atoms with E-state index >= 15 is 0 Å². The van der Waals surface area contributed by atoms with E-state index in [1.807, 2.05) is 60.7 Å². The zero-order valence-electron chi connectivity index (χ0n) is 13.9. The highest BCUT2D eigenvalue weighted by Crippen LogP contribution is 2.28. The van der Waals surface area contributed by atoms with Gasteiger partial charge in [0.05, 0.1) is 5.69 Å². The van der Waals surface area contributed by atoms with Gasteiger partial charge in [-0.2, -0.15) is 0 Å². The highest BCUT2D eigenvalue weighted by Gasteiger charge is 2.32. The molecule has 0 unspecified atom stereocenters. The van der Waals surface area contributed by atoms with Crippen molar-refractivity contribution in [3.8, 4) is 5.75 Å². The van der Waals surface area contributed by atoms with E-state index in [1.54, 1.807) is 35.2 Å². The Labute approximate surface area is 151 Å². The fourth-order valence-electron chi connectivity index (χ4n) is 2.85. The second-order valence-corrected chi connectivity index (χ2v) is 5.90. The molecule has 1 aliphatic rings. The molecule has 0 saturated heterocycles. The van der Waals surface area contributed by atoms with Crippen LogP contribution in [0.4, 0.5) is 5.69 Å². The third kappa shape index (κ3) is 3.00. The lowest BCUT2D eigenvalue weighted by molar-refractivity contribution is -0.113. The van der Waals surface area contributed by atoms with Crippen molar-refractivity contribution in [1.29, 1.82) is 0 Å². The first kappa shape index (κ1) is 15.8. The van der Waals surface area contributed by atoms with Gasteiger partial charge in [-0.15, -0.1) is 0 Å². The molecule has 0 atom stereocenters. The van der Waals surface area contributed by atoms with Crippen LogP contribution in [0.1, 0.15) is 11.1 Å². The molecule has 0 saturated carbocycles. The highest BCUT2D eigenvalue weighted by molar-refractivity contribution is 6.33. The van der Waals surface area contributed by atoms with Gasteiger partial charge in [0.1, 0.15) is 17.3 Å². The number of nitrogens with zero attached hydrogens (tertiary/aromatic N) is 2. The zero-order valence-corrected chi connectivity index (χ0v) is 13.9. The molecule has 4 rings (SSSR count). The van der Waals surface area contributed by atoms with Crippen molar-refractivity contribution in [2.45, 2.75) is 0 Å². The van der Waals surface area contributed by atoms with Gasteiger partial charge in [-0.25, -0.2) is 4.99 Å². The monoisotopic (exact) mass is 340 g/mol. The molecule has 4 heteroatoms. The van der Waals surface area contributed by atoms with Crippen LogP contribution < -0.4 is 4.90 Å². The lowest BCUT2D eigenvalue weighted by Gasteiger charge is -2.18. The summed E-state index contributed by atoms with van der Waals surface area (Å²) >= 11 is 0. The Morgan fingerprint density at radius 3 is 2.08 bits per heavy atom. The zero-order chi connectivity index (χ0) is 17.9. The second-order valence-electron chi connectivity index (χ2n) is 5.90. The standard InChI is InChI=1S/C22H16N2O2/c25-19-13-11-18(12-14-19)24-21(17-9-5-2-6-10-17)23-20(22(24)26)15-16-7-3-1-4-8-16/h1-15,25H/b20-15+. The Morgan fingerprint density at radius 1 is 0.808 bits per heavy atom. The van der Waals surface area contributed by atoms with Crippen molar-refractivity contribution in [2.75, 3.05) is 4.90 Å². The minimum absolute atomic E-state index is 0.152. The summed E-state index contributed by atoms with van der Waals surface area (Å²) in [5, 5.41) is 9.55. The molecule has 1 heterocycles. The number of amides is 1. The summed E-state index contributed by atoms with van der Waals surface area (Å²) in [4.78, 5) is 19.2. The Hall–Kier alpha value is -3.66. The van der Waals surface area contributed by atoms with Crippen LogP contribution in [0.25, 0.3) is 6.08 Å². The summed E-state index contributed by atoms with van der Waals surface area (Å²) < 4.78 is 0. The summed E-state index contributed by atoms with van der Waals surface area (Å²) in [7, 11) is 0. The van der Waals surface area contributed by atoms with Crippen molar-refractivity contribution < 1.29 is 9.90 Å². The van der Waals surface area contributed by atoms with Gasteiger partial charge in [0, 0.05) is 5.56 Å². The molecule has 1 amide bonds. The minimum Gasteiger partial charge on any atom is -0.508 e. The summed E-state index contributed by atoms with van der Waals surface area (Å²) in [5.41, 5.74) is 2.81. The maximum absolute atomic E-state index is 13.1. The molecule has 3 aromatic rings. The molecule has 1 aliphatic heterocycles. The van der Waals surface area contributed by atoms with Gasteiger partial charge < -0.3 is 5.11 Å². The summed E-state index contributed by atoms with van der Waals surface area (Å²) in [6.07, 6.45) is 1.78. The number of anilines is 1. The van der Waals surface area contributed by atoms with Crippen LogP contribution in [0.15, 0.2) is 95.6 Å². The van der Waals surface area contributed by atoms with Gasteiger partial charge in [0.2, 0.25) is 0 Å². The van der Waals surface area contributed by atoms with E-state index in [-0.39, 0.29) is 11.7 Å². The molecule has 26 heavy (non-hydrogen) atoms. The number of carbonyl (C=O) groups excluding carboxylic acids is 1. The van der Waals surface area contributed by atoms with Gasteiger partial charge in [0.25, 0.3) is 5.91 Å². The molecular weight excluding hydrogens is 324 g/mol. The number of amidine groups is 1. The molecule has 4 nitrogen and oxygen atoms in total. The molecule has 0 radical (unpaired) electrons. The first-order chi connectivity index (χ1) is 12.7. The summed E-state index contributed by atoms with van der Waals surface area (Å²) in [5.74, 6) is 0.528. The van der Waals surface area contributed by atoms with Crippen molar-refractivity contribution >= 4 is 23.5 Å². The van der Waals surface area contributed by atoms with Crippen LogP contribution in [0.3, 0.4) is 0 Å². The Balaban J connectivity index is 1.82. The van der Waals surface area contributed by atoms with Crippen LogP contribution in [0.2, 0.25) is 0 Å². The lowest BCUT2D eigenvalue weighted by Crippen LogP contribution is -2.32. The number of aliphatic imine (C=N–C) groups is 1. The van der Waals surface area contributed by atoms with E-state index in [1.165, 1.54) is 0 Å². The van der Waals surface area contributed by atoms with Gasteiger partial charge >= 0.3 is 0 Å². The van der Waals surface area contributed by atoms with E-state index in [0.717, 1.165) is 11.1 Å². The number of hydrogen-bond donors (Lipinski definition) is 1. The average molecular weight is 340 g/mol. The molecule has 0 bridgehead atoms. The predicted molar refractivity (Wildman–Crippen MR) is 103 cm³/mol. The quantitative estimate of drug-likeness (QED) is 0.726. The third-order valence-corrected chi connectivity index (χ3v) is 4.10. The van der Waals surface area contributed by atoms with Crippen molar-refractivity contribution in [2.24, 2.45) is 4.99 Å². The maximum Gasteiger partial charge on any atom is 0.282 e. The molecule has 126 valence electrons. The number of phenols is 1. The number of benzene rings is 3. The molecule has 3 aromatic carbocycles. The van der Waals surface area contributed by atoms with Crippen molar-refractivity contribution in [1.82, 2.24) is 0 Å². The van der Waals surface area contributed by atoms with Gasteiger partial charge in [-0.3, -0.25) is 9.69 Å². The molecule has 0 fully saturated rings. The van der Waals surface area contributed by atoms with Crippen LogP contribution in [0, 0.1) is 0 Å². The first-order valence-corrected chi connectivity index (χ1v) is 8.27.